The third kappa shape index (κ3) is 2.85. The third-order valence-electron chi connectivity index (χ3n) is 2.44. The lowest BCUT2D eigenvalue weighted by Gasteiger charge is -2.04. The van der Waals surface area contributed by atoms with E-state index in [1.807, 2.05) is 19.1 Å². The van der Waals surface area contributed by atoms with E-state index in [2.05, 4.69) is 38.1 Å². The lowest BCUT2D eigenvalue weighted by Crippen LogP contribution is -2.13. The summed E-state index contributed by atoms with van der Waals surface area (Å²) in [5, 5.41) is 9.52. The van der Waals surface area contributed by atoms with E-state index in [1.165, 1.54) is 0 Å². The van der Waals surface area contributed by atoms with Gasteiger partial charge in [0.05, 0.1) is 6.20 Å². The molecule has 0 saturated heterocycles. The SMILES string of the molecule is CCc1cn[nH]c1NC(=O)c1ccc(I)cc1. The van der Waals surface area contributed by atoms with Crippen LogP contribution in [0.1, 0.15) is 22.8 Å². The molecule has 1 heterocycles. The normalized spacial score (nSPS) is 10.2. The van der Waals surface area contributed by atoms with Gasteiger partial charge in [-0.25, -0.2) is 0 Å². The molecule has 1 amide bonds. The molecule has 2 rings (SSSR count). The van der Waals surface area contributed by atoms with E-state index in [-0.39, 0.29) is 5.91 Å². The topological polar surface area (TPSA) is 57.8 Å². The fourth-order valence-corrected chi connectivity index (χ4v) is 1.83. The van der Waals surface area contributed by atoms with E-state index < -0.39 is 0 Å². The van der Waals surface area contributed by atoms with Crippen LogP contribution in [0.4, 0.5) is 5.82 Å². The molecule has 2 aromatic rings. The van der Waals surface area contributed by atoms with E-state index in [0.717, 1.165) is 15.6 Å². The van der Waals surface area contributed by atoms with Crippen molar-refractivity contribution >= 4 is 34.3 Å². The minimum absolute atomic E-state index is 0.125. The zero-order valence-electron chi connectivity index (χ0n) is 9.33. The summed E-state index contributed by atoms with van der Waals surface area (Å²) >= 11 is 2.21. The summed E-state index contributed by atoms with van der Waals surface area (Å²) in [6.07, 6.45) is 2.56. The van der Waals surface area contributed by atoms with Gasteiger partial charge in [0.25, 0.3) is 5.91 Å². The van der Waals surface area contributed by atoms with Crippen molar-refractivity contribution in [1.82, 2.24) is 10.2 Å². The Balaban J connectivity index is 2.14. The molecule has 17 heavy (non-hydrogen) atoms. The van der Waals surface area contributed by atoms with E-state index in [0.29, 0.717) is 11.4 Å². The number of aromatic amines is 1. The van der Waals surface area contributed by atoms with Gasteiger partial charge in [-0.3, -0.25) is 9.89 Å². The smallest absolute Gasteiger partial charge is 0.256 e. The average Bonchev–Trinajstić information content (AvgIpc) is 2.77. The molecule has 0 unspecified atom stereocenters. The average molecular weight is 341 g/mol. The fourth-order valence-electron chi connectivity index (χ4n) is 1.47. The van der Waals surface area contributed by atoms with E-state index >= 15 is 0 Å². The number of rotatable bonds is 3. The Morgan fingerprint density at radius 1 is 1.41 bits per heavy atom. The molecule has 1 aromatic carbocycles. The van der Waals surface area contributed by atoms with Crippen molar-refractivity contribution in [1.29, 1.82) is 0 Å². The van der Waals surface area contributed by atoms with Gasteiger partial charge in [0.15, 0.2) is 0 Å². The van der Waals surface area contributed by atoms with Crippen LogP contribution in [0.25, 0.3) is 0 Å². The van der Waals surface area contributed by atoms with Crippen molar-refractivity contribution in [3.63, 3.8) is 0 Å². The van der Waals surface area contributed by atoms with Gasteiger partial charge in [-0.15, -0.1) is 0 Å². The van der Waals surface area contributed by atoms with Crippen molar-refractivity contribution in [3.8, 4) is 0 Å². The van der Waals surface area contributed by atoms with E-state index in [4.69, 9.17) is 0 Å². The number of nitrogens with one attached hydrogen (secondary N) is 2. The summed E-state index contributed by atoms with van der Waals surface area (Å²) in [6, 6.07) is 7.42. The van der Waals surface area contributed by atoms with E-state index in [9.17, 15) is 4.79 Å². The van der Waals surface area contributed by atoms with Crippen LogP contribution in [0.3, 0.4) is 0 Å². The number of hydrogen-bond acceptors (Lipinski definition) is 2. The highest BCUT2D eigenvalue weighted by atomic mass is 127. The van der Waals surface area contributed by atoms with Crippen molar-refractivity contribution in [2.24, 2.45) is 0 Å². The molecule has 0 saturated carbocycles. The van der Waals surface area contributed by atoms with Gasteiger partial charge in [0.2, 0.25) is 0 Å². The van der Waals surface area contributed by atoms with Gasteiger partial charge in [0.1, 0.15) is 5.82 Å². The lowest BCUT2D eigenvalue weighted by molar-refractivity contribution is 0.102. The maximum absolute atomic E-state index is 11.9. The summed E-state index contributed by atoms with van der Waals surface area (Å²) in [7, 11) is 0. The molecule has 0 fully saturated rings. The van der Waals surface area contributed by atoms with Crippen LogP contribution in [0.5, 0.6) is 0 Å². The molecular formula is C12H12IN3O. The number of carbonyl (C=O) groups is 1. The molecule has 0 spiro atoms. The largest absolute Gasteiger partial charge is 0.307 e. The van der Waals surface area contributed by atoms with Crippen molar-refractivity contribution in [2.45, 2.75) is 13.3 Å². The first-order chi connectivity index (χ1) is 8.20. The highest BCUT2D eigenvalue weighted by Crippen LogP contribution is 2.13. The highest BCUT2D eigenvalue weighted by molar-refractivity contribution is 14.1. The minimum Gasteiger partial charge on any atom is -0.307 e. The molecule has 0 aliphatic rings. The number of aromatic nitrogens is 2. The third-order valence-corrected chi connectivity index (χ3v) is 3.16. The van der Waals surface area contributed by atoms with Crippen molar-refractivity contribution in [2.75, 3.05) is 5.32 Å². The minimum atomic E-state index is -0.125. The number of anilines is 1. The fraction of sp³-hybridized carbons (Fsp3) is 0.167. The van der Waals surface area contributed by atoms with Crippen LogP contribution in [0.2, 0.25) is 0 Å². The van der Waals surface area contributed by atoms with E-state index in [1.54, 1.807) is 18.3 Å². The lowest BCUT2D eigenvalue weighted by atomic mass is 10.2. The summed E-state index contributed by atoms with van der Waals surface area (Å²) in [6.45, 7) is 2.02. The Morgan fingerprint density at radius 2 is 2.12 bits per heavy atom. The number of benzene rings is 1. The summed E-state index contributed by atoms with van der Waals surface area (Å²) in [5.74, 6) is 0.552. The predicted molar refractivity (Wildman–Crippen MR) is 75.1 cm³/mol. The second-order valence-corrected chi connectivity index (χ2v) is 4.83. The highest BCUT2D eigenvalue weighted by Gasteiger charge is 2.09. The Kier molecular flexibility index (Phi) is 3.78. The Bertz CT molecular complexity index is 519. The van der Waals surface area contributed by atoms with Crippen LogP contribution in [0, 0.1) is 3.57 Å². The van der Waals surface area contributed by atoms with Gasteiger partial charge >= 0.3 is 0 Å². The van der Waals surface area contributed by atoms with Crippen LogP contribution < -0.4 is 5.32 Å². The molecule has 0 bridgehead atoms. The maximum atomic E-state index is 11.9. The molecule has 2 N–H and O–H groups in total. The second kappa shape index (κ2) is 5.31. The van der Waals surface area contributed by atoms with Crippen LogP contribution in [-0.4, -0.2) is 16.1 Å². The molecule has 0 radical (unpaired) electrons. The molecular weight excluding hydrogens is 329 g/mol. The summed E-state index contributed by atoms with van der Waals surface area (Å²) in [4.78, 5) is 11.9. The van der Waals surface area contributed by atoms with Gasteiger partial charge in [-0.05, 0) is 53.3 Å². The van der Waals surface area contributed by atoms with Gasteiger partial charge in [-0.2, -0.15) is 5.10 Å². The molecule has 1 aromatic heterocycles. The number of hydrogen-bond donors (Lipinski definition) is 2. The first-order valence-corrected chi connectivity index (χ1v) is 6.37. The van der Waals surface area contributed by atoms with Crippen molar-refractivity contribution in [3.05, 3.63) is 45.2 Å². The Morgan fingerprint density at radius 3 is 2.76 bits per heavy atom. The standard InChI is InChI=1S/C12H12IN3O/c1-2-8-7-14-16-11(8)15-12(17)9-3-5-10(13)6-4-9/h3-7H,2H2,1H3,(H2,14,15,16,17). The van der Waals surface area contributed by atoms with Crippen LogP contribution in [0.15, 0.2) is 30.5 Å². The number of nitrogens with zero attached hydrogens (tertiary/aromatic N) is 1. The Hall–Kier alpha value is -1.37. The maximum Gasteiger partial charge on any atom is 0.256 e. The van der Waals surface area contributed by atoms with Gasteiger partial charge < -0.3 is 5.32 Å². The molecule has 5 heteroatoms. The number of aryl methyl sites for hydroxylation is 1. The number of amides is 1. The predicted octanol–water partition coefficient (Wildman–Crippen LogP) is 2.83. The summed E-state index contributed by atoms with van der Waals surface area (Å²) in [5.41, 5.74) is 1.64. The Labute approximate surface area is 113 Å². The van der Waals surface area contributed by atoms with Crippen LogP contribution >= 0.6 is 22.6 Å². The zero-order valence-corrected chi connectivity index (χ0v) is 11.5. The summed E-state index contributed by atoms with van der Waals surface area (Å²) < 4.78 is 1.11. The molecule has 4 nitrogen and oxygen atoms in total. The van der Waals surface area contributed by atoms with Gasteiger partial charge in [-0.1, -0.05) is 6.92 Å². The second-order valence-electron chi connectivity index (χ2n) is 3.58. The number of halogens is 1. The first-order valence-electron chi connectivity index (χ1n) is 5.30. The number of carbonyl (C=O) groups excluding carboxylic acids is 1. The van der Waals surface area contributed by atoms with Crippen LogP contribution in [-0.2, 0) is 6.42 Å². The first kappa shape index (κ1) is 12.1. The molecule has 0 atom stereocenters. The molecule has 0 aliphatic heterocycles. The molecule has 0 aliphatic carbocycles. The van der Waals surface area contributed by atoms with Crippen molar-refractivity contribution < 1.29 is 4.79 Å². The number of H-pyrrole nitrogens is 1. The van der Waals surface area contributed by atoms with Gasteiger partial charge in [0, 0.05) is 14.7 Å². The quantitative estimate of drug-likeness (QED) is 0.844. The zero-order chi connectivity index (χ0) is 12.3. The molecule has 88 valence electrons. The monoisotopic (exact) mass is 341 g/mol.